The van der Waals surface area contributed by atoms with E-state index in [0.717, 1.165) is 30.1 Å². The lowest BCUT2D eigenvalue weighted by Crippen LogP contribution is -2.30. The molecule has 0 aliphatic heterocycles. The molecule has 2 heteroatoms. The normalized spacial score (nSPS) is 27.1. The quantitative estimate of drug-likeness (QED) is 0.409. The van der Waals surface area contributed by atoms with Crippen LogP contribution in [-0.2, 0) is 0 Å². The minimum atomic E-state index is -0.660. The zero-order valence-corrected chi connectivity index (χ0v) is 17.9. The molecule has 0 heterocycles. The summed E-state index contributed by atoms with van der Waals surface area (Å²) in [6.45, 7) is 2.27. The molecule has 0 saturated heterocycles. The van der Waals surface area contributed by atoms with Gasteiger partial charge in [0.25, 0.3) is 0 Å². The lowest BCUT2D eigenvalue weighted by atomic mass is 9.63. The van der Waals surface area contributed by atoms with E-state index in [2.05, 4.69) is 6.92 Å². The van der Waals surface area contributed by atoms with Crippen LogP contribution in [0.1, 0.15) is 95.5 Å². The molecule has 0 radical (unpaired) electrons. The van der Waals surface area contributed by atoms with Crippen molar-refractivity contribution in [3.05, 3.63) is 47.5 Å². The molecule has 29 heavy (non-hydrogen) atoms. The lowest BCUT2D eigenvalue weighted by molar-refractivity contribution is 0.112. The van der Waals surface area contributed by atoms with Gasteiger partial charge in [-0.15, -0.1) is 0 Å². The molecule has 4 unspecified atom stereocenters. The first kappa shape index (κ1) is 20.8. The Balaban J connectivity index is 1.37. The third kappa shape index (κ3) is 4.67. The second-order valence-corrected chi connectivity index (χ2v) is 9.73. The fraction of sp³-hybridized carbons (Fsp3) is 0.630. The van der Waals surface area contributed by atoms with Gasteiger partial charge in [0, 0.05) is 5.39 Å². The highest BCUT2D eigenvalue weighted by atomic mass is 19.2. The highest BCUT2D eigenvalue weighted by molar-refractivity contribution is 5.84. The molecule has 2 aliphatic carbocycles. The number of rotatable bonds is 7. The van der Waals surface area contributed by atoms with Crippen molar-refractivity contribution in [1.82, 2.24) is 0 Å². The van der Waals surface area contributed by atoms with E-state index in [4.69, 9.17) is 0 Å². The standard InChI is InChI=1S/C27H36F2/c1-2-3-4-5-6-9-19-12-13-21-17-23(15-14-20(21)16-19)25-18-22-10-7-8-11-24(22)26(28)27(25)29/h7-8,10-11,18-21,23H,2-6,9,12-17H2,1H3. The molecule has 0 N–H and O–H groups in total. The molecule has 2 saturated carbocycles. The number of hydrogen-bond acceptors (Lipinski definition) is 0. The van der Waals surface area contributed by atoms with Crippen LogP contribution in [0, 0.1) is 29.4 Å². The topological polar surface area (TPSA) is 0 Å². The number of unbranched alkanes of at least 4 members (excludes halogenated alkanes) is 4. The number of hydrogen-bond donors (Lipinski definition) is 0. The van der Waals surface area contributed by atoms with Crippen molar-refractivity contribution in [2.24, 2.45) is 17.8 Å². The van der Waals surface area contributed by atoms with E-state index in [0.29, 0.717) is 16.9 Å². The summed E-state index contributed by atoms with van der Waals surface area (Å²) in [5.41, 5.74) is 0.623. The van der Waals surface area contributed by atoms with Gasteiger partial charge < -0.3 is 0 Å². The minimum Gasteiger partial charge on any atom is -0.203 e. The molecule has 0 nitrogen and oxygen atoms in total. The zero-order valence-electron chi connectivity index (χ0n) is 17.9. The first-order valence-corrected chi connectivity index (χ1v) is 12.0. The van der Waals surface area contributed by atoms with Crippen LogP contribution in [0.15, 0.2) is 30.3 Å². The summed E-state index contributed by atoms with van der Waals surface area (Å²) in [4.78, 5) is 0. The van der Waals surface area contributed by atoms with E-state index in [1.807, 2.05) is 18.2 Å². The Hall–Kier alpha value is -1.44. The molecule has 2 aromatic carbocycles. The van der Waals surface area contributed by atoms with E-state index in [-0.39, 0.29) is 5.92 Å². The Morgan fingerprint density at radius 2 is 1.59 bits per heavy atom. The Morgan fingerprint density at radius 1 is 0.828 bits per heavy atom. The molecular formula is C27H36F2. The van der Waals surface area contributed by atoms with E-state index in [1.165, 1.54) is 64.2 Å². The highest BCUT2D eigenvalue weighted by Gasteiger charge is 2.37. The van der Waals surface area contributed by atoms with Crippen molar-refractivity contribution in [2.45, 2.75) is 89.9 Å². The van der Waals surface area contributed by atoms with Crippen molar-refractivity contribution in [3.8, 4) is 0 Å². The van der Waals surface area contributed by atoms with Crippen LogP contribution in [0.4, 0.5) is 8.78 Å². The zero-order chi connectivity index (χ0) is 20.2. The predicted octanol–water partition coefficient (Wildman–Crippen LogP) is 8.78. The minimum absolute atomic E-state index is 0.181. The van der Waals surface area contributed by atoms with E-state index in [9.17, 15) is 8.78 Å². The summed E-state index contributed by atoms with van der Waals surface area (Å²) in [5, 5.41) is 1.23. The molecular weight excluding hydrogens is 362 g/mol. The van der Waals surface area contributed by atoms with Crippen LogP contribution in [0.3, 0.4) is 0 Å². The van der Waals surface area contributed by atoms with Gasteiger partial charge in [0.05, 0.1) is 0 Å². The Bertz CT molecular complexity index is 812. The average Bonchev–Trinajstić information content (AvgIpc) is 2.76. The highest BCUT2D eigenvalue weighted by Crippen LogP contribution is 2.49. The Morgan fingerprint density at radius 3 is 2.45 bits per heavy atom. The van der Waals surface area contributed by atoms with Gasteiger partial charge in [-0.1, -0.05) is 76.1 Å². The Kier molecular flexibility index (Phi) is 6.88. The second kappa shape index (κ2) is 9.58. The average molecular weight is 399 g/mol. The maximum Gasteiger partial charge on any atom is 0.166 e. The van der Waals surface area contributed by atoms with Gasteiger partial charge in [0.2, 0.25) is 0 Å². The lowest BCUT2D eigenvalue weighted by Gasteiger charge is -2.42. The summed E-state index contributed by atoms with van der Waals surface area (Å²) < 4.78 is 29.5. The fourth-order valence-corrected chi connectivity index (χ4v) is 6.16. The summed E-state index contributed by atoms with van der Waals surface area (Å²) in [5.74, 6) is 1.35. The third-order valence-electron chi connectivity index (χ3n) is 7.83. The van der Waals surface area contributed by atoms with Crippen LogP contribution in [0.2, 0.25) is 0 Å². The van der Waals surface area contributed by atoms with E-state index in [1.54, 1.807) is 12.1 Å². The molecule has 2 fully saturated rings. The predicted molar refractivity (Wildman–Crippen MR) is 118 cm³/mol. The van der Waals surface area contributed by atoms with Crippen molar-refractivity contribution < 1.29 is 8.78 Å². The fourth-order valence-electron chi connectivity index (χ4n) is 6.16. The first-order chi connectivity index (χ1) is 14.2. The SMILES string of the molecule is CCCCCCCC1CCC2CC(c3cc4ccccc4c(F)c3F)CCC2C1. The van der Waals surface area contributed by atoms with Gasteiger partial charge in [-0.2, -0.15) is 0 Å². The Labute approximate surface area is 175 Å². The maximum absolute atomic E-state index is 14.9. The van der Waals surface area contributed by atoms with Crippen molar-refractivity contribution in [2.75, 3.05) is 0 Å². The summed E-state index contributed by atoms with van der Waals surface area (Å²) in [6.07, 6.45) is 15.5. The molecule has 4 rings (SSSR count). The summed E-state index contributed by atoms with van der Waals surface area (Å²) >= 11 is 0. The monoisotopic (exact) mass is 398 g/mol. The molecule has 4 atom stereocenters. The first-order valence-electron chi connectivity index (χ1n) is 12.0. The largest absolute Gasteiger partial charge is 0.203 e. The van der Waals surface area contributed by atoms with Gasteiger partial charge >= 0.3 is 0 Å². The van der Waals surface area contributed by atoms with Gasteiger partial charge in [-0.3, -0.25) is 0 Å². The molecule has 2 aromatic rings. The van der Waals surface area contributed by atoms with Gasteiger partial charge in [-0.25, -0.2) is 8.78 Å². The van der Waals surface area contributed by atoms with Crippen LogP contribution in [0.5, 0.6) is 0 Å². The molecule has 0 spiro atoms. The van der Waals surface area contributed by atoms with Crippen molar-refractivity contribution >= 4 is 10.8 Å². The third-order valence-corrected chi connectivity index (χ3v) is 7.83. The maximum atomic E-state index is 14.9. The van der Waals surface area contributed by atoms with Gasteiger partial charge in [0.1, 0.15) is 0 Å². The smallest absolute Gasteiger partial charge is 0.166 e. The number of fused-ring (bicyclic) bond motifs is 2. The van der Waals surface area contributed by atoms with Crippen molar-refractivity contribution in [3.63, 3.8) is 0 Å². The van der Waals surface area contributed by atoms with Gasteiger partial charge in [0.15, 0.2) is 11.6 Å². The van der Waals surface area contributed by atoms with Crippen LogP contribution in [-0.4, -0.2) is 0 Å². The van der Waals surface area contributed by atoms with E-state index >= 15 is 0 Å². The molecule has 2 aliphatic rings. The van der Waals surface area contributed by atoms with Crippen molar-refractivity contribution in [1.29, 1.82) is 0 Å². The van der Waals surface area contributed by atoms with Crippen LogP contribution < -0.4 is 0 Å². The molecule has 0 amide bonds. The number of benzene rings is 2. The van der Waals surface area contributed by atoms with Gasteiger partial charge in [-0.05, 0) is 72.8 Å². The summed E-state index contributed by atoms with van der Waals surface area (Å²) in [7, 11) is 0. The second-order valence-electron chi connectivity index (χ2n) is 9.73. The molecule has 0 bridgehead atoms. The van der Waals surface area contributed by atoms with Crippen LogP contribution in [0.25, 0.3) is 10.8 Å². The molecule has 0 aromatic heterocycles. The van der Waals surface area contributed by atoms with E-state index < -0.39 is 11.6 Å². The summed E-state index contributed by atoms with van der Waals surface area (Å²) in [6, 6.07) is 9.18. The number of halogens is 2. The van der Waals surface area contributed by atoms with Crippen LogP contribution >= 0.6 is 0 Å². The molecule has 158 valence electrons.